The van der Waals surface area contributed by atoms with Crippen LogP contribution in [0.25, 0.3) is 0 Å². The first-order valence-electron chi connectivity index (χ1n) is 8.26. The lowest BCUT2D eigenvalue weighted by molar-refractivity contribution is -0.384. The molecule has 0 radical (unpaired) electrons. The molecule has 25 heavy (non-hydrogen) atoms. The van der Waals surface area contributed by atoms with E-state index in [4.69, 9.17) is 4.74 Å². The second-order valence-electron chi connectivity index (χ2n) is 6.33. The number of nitrogens with one attached hydrogen (secondary N) is 1. The molecule has 1 fully saturated rings. The number of nitro groups is 1. The van der Waals surface area contributed by atoms with Crippen LogP contribution in [0.4, 0.5) is 5.69 Å². The van der Waals surface area contributed by atoms with E-state index in [1.807, 2.05) is 19.1 Å². The maximum absolute atomic E-state index is 12.2. The number of ether oxygens (including phenoxy) is 1. The van der Waals surface area contributed by atoms with Gasteiger partial charge in [-0.1, -0.05) is 29.8 Å². The van der Waals surface area contributed by atoms with Gasteiger partial charge in [0.2, 0.25) is 0 Å². The van der Waals surface area contributed by atoms with E-state index < -0.39 is 4.92 Å². The predicted octanol–water partition coefficient (Wildman–Crippen LogP) is 3.55. The third-order valence-electron chi connectivity index (χ3n) is 4.26. The van der Waals surface area contributed by atoms with E-state index in [0.29, 0.717) is 11.7 Å². The van der Waals surface area contributed by atoms with Crippen molar-refractivity contribution in [3.05, 3.63) is 69.8 Å². The third-order valence-corrected chi connectivity index (χ3v) is 4.26. The van der Waals surface area contributed by atoms with E-state index >= 15 is 0 Å². The number of benzene rings is 2. The van der Waals surface area contributed by atoms with Crippen LogP contribution in [0.2, 0.25) is 0 Å². The first-order valence-corrected chi connectivity index (χ1v) is 8.26. The first kappa shape index (κ1) is 17.0. The van der Waals surface area contributed by atoms with Crippen LogP contribution < -0.4 is 10.1 Å². The maximum Gasteiger partial charge on any atom is 0.269 e. The molecule has 0 heterocycles. The molecule has 3 rings (SSSR count). The lowest BCUT2D eigenvalue weighted by atomic mass is 10.0. The zero-order valence-corrected chi connectivity index (χ0v) is 14.0. The second kappa shape index (κ2) is 7.34. The third kappa shape index (κ3) is 4.56. The Morgan fingerprint density at radius 1 is 1.20 bits per heavy atom. The molecule has 130 valence electrons. The molecule has 0 saturated heterocycles. The number of aryl methyl sites for hydroxylation is 1. The van der Waals surface area contributed by atoms with Crippen molar-refractivity contribution in [2.24, 2.45) is 5.92 Å². The maximum atomic E-state index is 12.2. The van der Waals surface area contributed by atoms with Crippen LogP contribution >= 0.6 is 0 Å². The molecule has 1 saturated carbocycles. The van der Waals surface area contributed by atoms with Crippen LogP contribution in [0.5, 0.6) is 5.75 Å². The standard InChI is InChI=1S/C19H20N2O4/c1-13-2-4-14(5-3-13)19(15-6-7-15)20-18(22)12-25-17-10-8-16(9-11-17)21(23)24/h2-5,8-11,15,19H,6-7,12H2,1H3,(H,20,22). The molecule has 1 aliphatic carbocycles. The van der Waals surface area contributed by atoms with Crippen molar-refractivity contribution >= 4 is 11.6 Å². The van der Waals surface area contributed by atoms with Crippen LogP contribution in [-0.4, -0.2) is 17.4 Å². The fourth-order valence-corrected chi connectivity index (χ4v) is 2.70. The molecule has 6 heteroatoms. The lowest BCUT2D eigenvalue weighted by Crippen LogP contribution is -2.33. The van der Waals surface area contributed by atoms with Gasteiger partial charge in [0.25, 0.3) is 11.6 Å². The van der Waals surface area contributed by atoms with Gasteiger partial charge in [-0.15, -0.1) is 0 Å². The average Bonchev–Trinajstić information content (AvgIpc) is 3.44. The second-order valence-corrected chi connectivity index (χ2v) is 6.33. The van der Waals surface area contributed by atoms with Crippen molar-refractivity contribution in [1.29, 1.82) is 0 Å². The summed E-state index contributed by atoms with van der Waals surface area (Å²) in [7, 11) is 0. The fourth-order valence-electron chi connectivity index (χ4n) is 2.70. The lowest BCUT2D eigenvalue weighted by Gasteiger charge is -2.19. The van der Waals surface area contributed by atoms with Crippen molar-refractivity contribution in [1.82, 2.24) is 5.32 Å². The molecule has 0 aliphatic heterocycles. The number of rotatable bonds is 7. The number of nitro benzene ring substituents is 1. The molecule has 2 aromatic rings. The SMILES string of the molecule is Cc1ccc(C(NC(=O)COc2ccc([N+](=O)[O-])cc2)C2CC2)cc1. The normalized spacial score (nSPS) is 14.6. The summed E-state index contributed by atoms with van der Waals surface area (Å²) >= 11 is 0. The Morgan fingerprint density at radius 2 is 1.84 bits per heavy atom. The number of nitrogens with zero attached hydrogens (tertiary/aromatic N) is 1. The molecule has 1 aliphatic rings. The monoisotopic (exact) mass is 340 g/mol. The van der Waals surface area contributed by atoms with Crippen LogP contribution in [0.15, 0.2) is 48.5 Å². The number of carbonyl (C=O) groups excluding carboxylic acids is 1. The molecule has 0 bridgehead atoms. The summed E-state index contributed by atoms with van der Waals surface area (Å²) in [6, 6.07) is 13.9. The number of hydrogen-bond acceptors (Lipinski definition) is 4. The number of non-ortho nitro benzene ring substituents is 1. The number of carbonyl (C=O) groups is 1. The Balaban J connectivity index is 1.57. The Morgan fingerprint density at radius 3 is 2.40 bits per heavy atom. The first-order chi connectivity index (χ1) is 12.0. The van der Waals surface area contributed by atoms with E-state index in [9.17, 15) is 14.9 Å². The van der Waals surface area contributed by atoms with Crippen LogP contribution in [0, 0.1) is 23.0 Å². The molecular formula is C19H20N2O4. The molecule has 0 spiro atoms. The summed E-state index contributed by atoms with van der Waals surface area (Å²) in [5, 5.41) is 13.7. The van der Waals surface area contributed by atoms with Gasteiger partial charge in [0.15, 0.2) is 6.61 Å². The summed E-state index contributed by atoms with van der Waals surface area (Å²) < 4.78 is 5.42. The van der Waals surface area contributed by atoms with Crippen LogP contribution in [0.3, 0.4) is 0 Å². The quantitative estimate of drug-likeness (QED) is 0.617. The molecular weight excluding hydrogens is 320 g/mol. The van der Waals surface area contributed by atoms with Crippen molar-refractivity contribution in [2.75, 3.05) is 6.61 Å². The molecule has 1 unspecified atom stereocenters. The highest BCUT2D eigenvalue weighted by molar-refractivity contribution is 5.78. The van der Waals surface area contributed by atoms with E-state index in [1.165, 1.54) is 29.8 Å². The highest BCUT2D eigenvalue weighted by Gasteiger charge is 2.33. The average molecular weight is 340 g/mol. The number of amides is 1. The Bertz CT molecular complexity index is 752. The number of hydrogen-bond donors (Lipinski definition) is 1. The van der Waals surface area contributed by atoms with Crippen LogP contribution in [-0.2, 0) is 4.79 Å². The molecule has 2 aromatic carbocycles. The van der Waals surface area contributed by atoms with Gasteiger partial charge in [-0.3, -0.25) is 14.9 Å². The van der Waals surface area contributed by atoms with Gasteiger partial charge < -0.3 is 10.1 Å². The van der Waals surface area contributed by atoms with E-state index in [1.54, 1.807) is 0 Å². The minimum atomic E-state index is -0.474. The zero-order valence-electron chi connectivity index (χ0n) is 14.0. The van der Waals surface area contributed by atoms with Crippen molar-refractivity contribution in [3.63, 3.8) is 0 Å². The van der Waals surface area contributed by atoms with Crippen molar-refractivity contribution < 1.29 is 14.5 Å². The van der Waals surface area contributed by atoms with Gasteiger partial charge in [0.05, 0.1) is 11.0 Å². The van der Waals surface area contributed by atoms with E-state index in [0.717, 1.165) is 18.4 Å². The summed E-state index contributed by atoms with van der Waals surface area (Å²) in [5.74, 6) is 0.709. The van der Waals surface area contributed by atoms with Gasteiger partial charge in [0, 0.05) is 12.1 Å². The highest BCUT2D eigenvalue weighted by atomic mass is 16.6. The smallest absolute Gasteiger partial charge is 0.269 e. The van der Waals surface area contributed by atoms with Crippen LogP contribution in [0.1, 0.15) is 30.0 Å². The minimum absolute atomic E-state index is 0.00793. The topological polar surface area (TPSA) is 81.5 Å². The minimum Gasteiger partial charge on any atom is -0.484 e. The van der Waals surface area contributed by atoms with E-state index in [-0.39, 0.29) is 24.2 Å². The Hall–Kier alpha value is -2.89. The van der Waals surface area contributed by atoms with Crippen molar-refractivity contribution in [3.8, 4) is 5.75 Å². The van der Waals surface area contributed by atoms with Gasteiger partial charge in [-0.25, -0.2) is 0 Å². The zero-order chi connectivity index (χ0) is 17.8. The van der Waals surface area contributed by atoms with E-state index in [2.05, 4.69) is 17.4 Å². The molecule has 1 N–H and O–H groups in total. The van der Waals surface area contributed by atoms with Crippen molar-refractivity contribution in [2.45, 2.75) is 25.8 Å². The molecule has 0 aromatic heterocycles. The predicted molar refractivity (Wildman–Crippen MR) is 93.4 cm³/mol. The summed E-state index contributed by atoms with van der Waals surface area (Å²) in [6.07, 6.45) is 2.23. The fraction of sp³-hybridized carbons (Fsp3) is 0.316. The molecule has 1 amide bonds. The Labute approximate surface area is 146 Å². The summed E-state index contributed by atoms with van der Waals surface area (Å²) in [5.41, 5.74) is 2.29. The Kier molecular flexibility index (Phi) is 4.97. The largest absolute Gasteiger partial charge is 0.484 e. The van der Waals surface area contributed by atoms with Gasteiger partial charge in [-0.2, -0.15) is 0 Å². The van der Waals surface area contributed by atoms with Gasteiger partial charge in [-0.05, 0) is 43.4 Å². The molecule has 1 atom stereocenters. The summed E-state index contributed by atoms with van der Waals surface area (Å²) in [6.45, 7) is 1.92. The van der Waals surface area contributed by atoms with Gasteiger partial charge in [0.1, 0.15) is 5.75 Å². The summed E-state index contributed by atoms with van der Waals surface area (Å²) in [4.78, 5) is 22.4. The highest BCUT2D eigenvalue weighted by Crippen LogP contribution is 2.41. The molecule has 6 nitrogen and oxygen atoms in total. The van der Waals surface area contributed by atoms with Gasteiger partial charge >= 0.3 is 0 Å².